The van der Waals surface area contributed by atoms with Gasteiger partial charge in [-0.15, -0.1) is 11.3 Å². The minimum Gasteiger partial charge on any atom is -0.312 e. The lowest BCUT2D eigenvalue weighted by atomic mass is 10.2. The van der Waals surface area contributed by atoms with E-state index in [0.717, 1.165) is 29.6 Å². The molecule has 1 unspecified atom stereocenters. The standard InChI is InChI=1S/C11H17N3OS2/c1-2-9-6-13-11(17-9)14-10(15)5-8-7-16-4-3-12-8/h6,8,12H,2-5,7H2,1H3,(H,13,14,15). The van der Waals surface area contributed by atoms with Crippen molar-refractivity contribution in [3.8, 4) is 0 Å². The second kappa shape index (κ2) is 6.37. The van der Waals surface area contributed by atoms with Crippen LogP contribution in [0, 0.1) is 0 Å². The average molecular weight is 271 g/mol. The maximum Gasteiger partial charge on any atom is 0.227 e. The lowest BCUT2D eigenvalue weighted by molar-refractivity contribution is -0.116. The van der Waals surface area contributed by atoms with Crippen molar-refractivity contribution < 1.29 is 4.79 Å². The van der Waals surface area contributed by atoms with E-state index in [0.29, 0.717) is 12.5 Å². The minimum atomic E-state index is 0.0574. The van der Waals surface area contributed by atoms with Crippen LogP contribution >= 0.6 is 23.1 Å². The zero-order chi connectivity index (χ0) is 12.1. The maximum atomic E-state index is 11.8. The van der Waals surface area contributed by atoms with Crippen LogP contribution in [0.2, 0.25) is 0 Å². The molecule has 0 aromatic carbocycles. The largest absolute Gasteiger partial charge is 0.312 e. The third-order valence-electron chi connectivity index (χ3n) is 2.58. The third kappa shape index (κ3) is 3.97. The van der Waals surface area contributed by atoms with E-state index in [9.17, 15) is 4.79 Å². The number of hydrogen-bond donors (Lipinski definition) is 2. The molecular formula is C11H17N3OS2. The molecule has 17 heavy (non-hydrogen) atoms. The van der Waals surface area contributed by atoms with Crippen LogP contribution in [0.25, 0.3) is 0 Å². The van der Waals surface area contributed by atoms with Crippen LogP contribution in [-0.4, -0.2) is 35.0 Å². The first-order valence-electron chi connectivity index (χ1n) is 5.83. The number of carbonyl (C=O) groups excluding carboxylic acids is 1. The van der Waals surface area contributed by atoms with Gasteiger partial charge in [0, 0.05) is 41.6 Å². The molecule has 0 bridgehead atoms. The van der Waals surface area contributed by atoms with Crippen LogP contribution in [0.5, 0.6) is 0 Å². The first kappa shape index (κ1) is 12.9. The molecule has 0 spiro atoms. The summed E-state index contributed by atoms with van der Waals surface area (Å²) >= 11 is 3.46. The maximum absolute atomic E-state index is 11.8. The number of thiazole rings is 1. The molecule has 94 valence electrons. The lowest BCUT2D eigenvalue weighted by Crippen LogP contribution is -2.39. The van der Waals surface area contributed by atoms with E-state index in [2.05, 4.69) is 22.5 Å². The van der Waals surface area contributed by atoms with Gasteiger partial charge in [0.25, 0.3) is 0 Å². The van der Waals surface area contributed by atoms with Gasteiger partial charge in [0.05, 0.1) is 0 Å². The van der Waals surface area contributed by atoms with Crippen molar-refractivity contribution in [1.82, 2.24) is 10.3 Å². The second-order valence-corrected chi connectivity index (χ2v) is 6.23. The molecule has 6 heteroatoms. The molecule has 0 radical (unpaired) electrons. The lowest BCUT2D eigenvalue weighted by Gasteiger charge is -2.22. The molecule has 1 amide bonds. The second-order valence-electron chi connectivity index (χ2n) is 3.96. The Bertz CT molecular complexity index is 375. The molecule has 2 rings (SSSR count). The summed E-state index contributed by atoms with van der Waals surface area (Å²) in [6, 6.07) is 0.305. The molecule has 2 N–H and O–H groups in total. The van der Waals surface area contributed by atoms with Crippen molar-refractivity contribution in [1.29, 1.82) is 0 Å². The van der Waals surface area contributed by atoms with Gasteiger partial charge >= 0.3 is 0 Å². The number of aryl methyl sites for hydroxylation is 1. The van der Waals surface area contributed by atoms with Crippen LogP contribution < -0.4 is 10.6 Å². The zero-order valence-corrected chi connectivity index (χ0v) is 11.5. The van der Waals surface area contributed by atoms with Crippen LogP contribution in [0.1, 0.15) is 18.2 Å². The highest BCUT2D eigenvalue weighted by Crippen LogP contribution is 2.19. The average Bonchev–Trinajstić information content (AvgIpc) is 2.78. The summed E-state index contributed by atoms with van der Waals surface area (Å²) in [5.74, 6) is 2.22. The van der Waals surface area contributed by atoms with Crippen molar-refractivity contribution in [3.05, 3.63) is 11.1 Å². The first-order chi connectivity index (χ1) is 8.28. The summed E-state index contributed by atoms with van der Waals surface area (Å²) in [5.41, 5.74) is 0. The molecule has 2 heterocycles. The first-order valence-corrected chi connectivity index (χ1v) is 7.80. The smallest absolute Gasteiger partial charge is 0.227 e. The van der Waals surface area contributed by atoms with E-state index in [-0.39, 0.29) is 5.91 Å². The van der Waals surface area contributed by atoms with Gasteiger partial charge in [-0.25, -0.2) is 4.98 Å². The number of carbonyl (C=O) groups is 1. The van der Waals surface area contributed by atoms with E-state index in [1.807, 2.05) is 18.0 Å². The Morgan fingerprint density at radius 2 is 2.59 bits per heavy atom. The zero-order valence-electron chi connectivity index (χ0n) is 9.86. The molecule has 4 nitrogen and oxygen atoms in total. The fourth-order valence-electron chi connectivity index (χ4n) is 1.67. The molecule has 1 aliphatic rings. The van der Waals surface area contributed by atoms with Gasteiger partial charge in [-0.1, -0.05) is 6.92 Å². The molecular weight excluding hydrogens is 254 g/mol. The highest BCUT2D eigenvalue weighted by Gasteiger charge is 2.17. The van der Waals surface area contributed by atoms with Gasteiger partial charge in [-0.05, 0) is 6.42 Å². The van der Waals surface area contributed by atoms with E-state index in [1.165, 1.54) is 4.88 Å². The highest BCUT2D eigenvalue weighted by molar-refractivity contribution is 7.99. The summed E-state index contributed by atoms with van der Waals surface area (Å²) in [5, 5.41) is 6.93. The molecule has 0 aliphatic carbocycles. The Morgan fingerprint density at radius 1 is 1.71 bits per heavy atom. The van der Waals surface area contributed by atoms with Crippen LogP contribution in [0.4, 0.5) is 5.13 Å². The fourth-order valence-corrected chi connectivity index (χ4v) is 3.39. The number of thioether (sulfide) groups is 1. The van der Waals surface area contributed by atoms with Crippen LogP contribution in [0.15, 0.2) is 6.20 Å². The summed E-state index contributed by atoms with van der Waals surface area (Å²) in [7, 11) is 0. The van der Waals surface area contributed by atoms with Crippen molar-refractivity contribution in [3.63, 3.8) is 0 Å². The van der Waals surface area contributed by atoms with Gasteiger partial charge in [0.2, 0.25) is 5.91 Å². The Balaban J connectivity index is 1.79. The Morgan fingerprint density at radius 3 is 3.24 bits per heavy atom. The summed E-state index contributed by atoms with van der Waals surface area (Å²) in [6.07, 6.45) is 3.33. The molecule has 1 atom stereocenters. The number of nitrogens with zero attached hydrogens (tertiary/aromatic N) is 1. The Labute approximate surface area is 110 Å². The van der Waals surface area contributed by atoms with Crippen LogP contribution in [-0.2, 0) is 11.2 Å². The predicted octanol–water partition coefficient (Wildman–Crippen LogP) is 1.74. The number of rotatable bonds is 4. The van der Waals surface area contributed by atoms with Crippen molar-refractivity contribution in [2.24, 2.45) is 0 Å². The van der Waals surface area contributed by atoms with E-state index in [1.54, 1.807) is 11.3 Å². The Hall–Kier alpha value is -0.590. The van der Waals surface area contributed by atoms with Crippen LogP contribution in [0.3, 0.4) is 0 Å². The molecule has 1 aromatic rings. The predicted molar refractivity (Wildman–Crippen MR) is 73.9 cm³/mol. The number of nitrogens with one attached hydrogen (secondary N) is 2. The quantitative estimate of drug-likeness (QED) is 0.876. The highest BCUT2D eigenvalue weighted by atomic mass is 32.2. The number of aromatic nitrogens is 1. The number of anilines is 1. The molecule has 0 saturated carbocycles. The molecule has 1 fully saturated rings. The van der Waals surface area contributed by atoms with E-state index >= 15 is 0 Å². The topological polar surface area (TPSA) is 54.0 Å². The van der Waals surface area contributed by atoms with Gasteiger partial charge in [0.15, 0.2) is 5.13 Å². The van der Waals surface area contributed by atoms with Gasteiger partial charge < -0.3 is 10.6 Å². The fraction of sp³-hybridized carbons (Fsp3) is 0.636. The van der Waals surface area contributed by atoms with Crippen molar-refractivity contribution in [2.45, 2.75) is 25.8 Å². The minimum absolute atomic E-state index is 0.0574. The van der Waals surface area contributed by atoms with Crippen molar-refractivity contribution in [2.75, 3.05) is 23.4 Å². The van der Waals surface area contributed by atoms with E-state index < -0.39 is 0 Å². The molecule has 1 aromatic heterocycles. The van der Waals surface area contributed by atoms with Crippen molar-refractivity contribution >= 4 is 34.1 Å². The summed E-state index contributed by atoms with van der Waals surface area (Å²) in [4.78, 5) is 17.2. The molecule has 1 saturated heterocycles. The Kier molecular flexibility index (Phi) is 4.82. The number of hydrogen-bond acceptors (Lipinski definition) is 5. The third-order valence-corrected chi connectivity index (χ3v) is 4.77. The summed E-state index contributed by atoms with van der Waals surface area (Å²) < 4.78 is 0. The molecule has 1 aliphatic heterocycles. The van der Waals surface area contributed by atoms with E-state index in [4.69, 9.17) is 0 Å². The van der Waals surface area contributed by atoms with Gasteiger partial charge in [-0.3, -0.25) is 4.79 Å². The van der Waals surface area contributed by atoms with Gasteiger partial charge in [0.1, 0.15) is 0 Å². The monoisotopic (exact) mass is 271 g/mol. The normalized spacial score (nSPS) is 20.2. The SMILES string of the molecule is CCc1cnc(NC(=O)CC2CSCCN2)s1. The number of amides is 1. The summed E-state index contributed by atoms with van der Waals surface area (Å²) in [6.45, 7) is 3.09. The van der Waals surface area contributed by atoms with Gasteiger partial charge in [-0.2, -0.15) is 11.8 Å².